The molecule has 5 heteroatoms. The molecule has 0 radical (unpaired) electrons. The number of carboxylic acid groups (broad SMARTS) is 1. The molecule has 0 aliphatic carbocycles. The summed E-state index contributed by atoms with van der Waals surface area (Å²) >= 11 is 0. The molecule has 0 unspecified atom stereocenters. The summed E-state index contributed by atoms with van der Waals surface area (Å²) in [5.74, 6) is 0.604. The Hall–Kier alpha value is -1.65. The maximum absolute atomic E-state index is 10.4. The number of carbonyl (C=O) groups is 1. The van der Waals surface area contributed by atoms with Crippen LogP contribution in [0.4, 0.5) is 0 Å². The van der Waals surface area contributed by atoms with Crippen molar-refractivity contribution in [2.24, 2.45) is 0 Å². The van der Waals surface area contributed by atoms with E-state index >= 15 is 0 Å². The van der Waals surface area contributed by atoms with Gasteiger partial charge in [0.2, 0.25) is 5.88 Å². The molecule has 1 heterocycles. The highest BCUT2D eigenvalue weighted by Gasteiger charge is 2.08. The second kappa shape index (κ2) is 6.18. The smallest absolute Gasteiger partial charge is 0.306 e. The maximum atomic E-state index is 10.4. The molecule has 0 spiro atoms. The molecular weight excluding hydrogens is 220 g/mol. The summed E-state index contributed by atoms with van der Waals surface area (Å²) in [6.45, 7) is 6.19. The number of carboxylic acids is 1. The van der Waals surface area contributed by atoms with Gasteiger partial charge < -0.3 is 9.84 Å². The van der Waals surface area contributed by atoms with Crippen LogP contribution in [0.3, 0.4) is 0 Å². The highest BCUT2D eigenvalue weighted by molar-refractivity contribution is 5.66. The molecule has 0 saturated carbocycles. The van der Waals surface area contributed by atoms with E-state index in [4.69, 9.17) is 9.84 Å². The van der Waals surface area contributed by atoms with Gasteiger partial charge >= 0.3 is 5.97 Å². The van der Waals surface area contributed by atoms with Gasteiger partial charge in [-0.25, -0.2) is 4.98 Å². The largest absolute Gasteiger partial charge is 0.481 e. The summed E-state index contributed by atoms with van der Waals surface area (Å²) in [4.78, 5) is 19.0. The predicted molar refractivity (Wildman–Crippen MR) is 63.2 cm³/mol. The molecule has 1 rings (SSSR count). The molecule has 0 aromatic carbocycles. The molecule has 5 nitrogen and oxygen atoms in total. The fourth-order valence-electron chi connectivity index (χ4n) is 1.26. The van der Waals surface area contributed by atoms with Gasteiger partial charge in [0.1, 0.15) is 12.4 Å². The monoisotopic (exact) mass is 238 g/mol. The summed E-state index contributed by atoms with van der Waals surface area (Å²) in [5, 5.41) is 8.52. The molecule has 0 bridgehead atoms. The Balaban J connectivity index is 2.76. The van der Waals surface area contributed by atoms with Crippen LogP contribution in [0.1, 0.15) is 44.6 Å². The molecule has 17 heavy (non-hydrogen) atoms. The van der Waals surface area contributed by atoms with E-state index in [0.29, 0.717) is 11.8 Å². The topological polar surface area (TPSA) is 72.3 Å². The Bertz CT molecular complexity index is 391. The van der Waals surface area contributed by atoms with Crippen molar-refractivity contribution in [3.63, 3.8) is 0 Å². The van der Waals surface area contributed by atoms with Crippen molar-refractivity contribution in [1.29, 1.82) is 0 Å². The SMILES string of the molecule is CCc1nc(OCCC(=O)O)cc(C(C)C)n1. The Morgan fingerprint density at radius 3 is 2.71 bits per heavy atom. The van der Waals surface area contributed by atoms with Crippen LogP contribution in [0.15, 0.2) is 6.07 Å². The number of aromatic nitrogens is 2. The van der Waals surface area contributed by atoms with Crippen molar-refractivity contribution in [3.8, 4) is 5.88 Å². The first-order valence-corrected chi connectivity index (χ1v) is 5.75. The zero-order valence-electron chi connectivity index (χ0n) is 10.4. The van der Waals surface area contributed by atoms with Crippen LogP contribution >= 0.6 is 0 Å². The summed E-state index contributed by atoms with van der Waals surface area (Å²) in [7, 11) is 0. The first-order chi connectivity index (χ1) is 8.02. The van der Waals surface area contributed by atoms with Gasteiger partial charge in [0.15, 0.2) is 0 Å². The van der Waals surface area contributed by atoms with Crippen molar-refractivity contribution in [1.82, 2.24) is 9.97 Å². The standard InChI is InChI=1S/C12H18N2O3/c1-4-10-13-9(8(2)3)7-11(14-10)17-6-5-12(15)16/h7-8H,4-6H2,1-3H3,(H,15,16). The molecule has 0 aliphatic rings. The molecule has 0 fully saturated rings. The average Bonchev–Trinajstić information content (AvgIpc) is 2.28. The number of hydrogen-bond acceptors (Lipinski definition) is 4. The predicted octanol–water partition coefficient (Wildman–Crippen LogP) is 2.02. The van der Waals surface area contributed by atoms with Crippen LogP contribution in [-0.2, 0) is 11.2 Å². The van der Waals surface area contributed by atoms with E-state index in [1.165, 1.54) is 0 Å². The van der Waals surface area contributed by atoms with Gasteiger partial charge in [-0.3, -0.25) is 4.79 Å². The lowest BCUT2D eigenvalue weighted by Gasteiger charge is -2.10. The minimum Gasteiger partial charge on any atom is -0.481 e. The van der Waals surface area contributed by atoms with E-state index in [9.17, 15) is 4.79 Å². The van der Waals surface area contributed by atoms with E-state index in [0.717, 1.165) is 17.9 Å². The summed E-state index contributed by atoms with van der Waals surface area (Å²) in [6, 6.07) is 1.77. The van der Waals surface area contributed by atoms with E-state index in [2.05, 4.69) is 9.97 Å². The van der Waals surface area contributed by atoms with Gasteiger partial charge in [0.05, 0.1) is 12.1 Å². The maximum Gasteiger partial charge on any atom is 0.306 e. The minimum atomic E-state index is -0.876. The third-order valence-corrected chi connectivity index (χ3v) is 2.24. The Morgan fingerprint density at radius 1 is 1.47 bits per heavy atom. The van der Waals surface area contributed by atoms with E-state index < -0.39 is 5.97 Å². The van der Waals surface area contributed by atoms with Crippen molar-refractivity contribution in [3.05, 3.63) is 17.6 Å². The number of ether oxygens (including phenoxy) is 1. The highest BCUT2D eigenvalue weighted by Crippen LogP contribution is 2.17. The van der Waals surface area contributed by atoms with Gasteiger partial charge in [0, 0.05) is 12.5 Å². The molecule has 0 aliphatic heterocycles. The minimum absolute atomic E-state index is 0.0253. The van der Waals surface area contributed by atoms with Crippen molar-refractivity contribution < 1.29 is 14.6 Å². The molecule has 0 amide bonds. The number of hydrogen-bond donors (Lipinski definition) is 1. The third kappa shape index (κ3) is 4.38. The van der Waals surface area contributed by atoms with Crippen LogP contribution in [0.2, 0.25) is 0 Å². The number of aryl methyl sites for hydroxylation is 1. The first kappa shape index (κ1) is 13.4. The summed E-state index contributed by atoms with van der Waals surface area (Å²) < 4.78 is 5.32. The number of nitrogens with zero attached hydrogens (tertiary/aromatic N) is 2. The molecular formula is C12H18N2O3. The van der Waals surface area contributed by atoms with Crippen LogP contribution in [-0.4, -0.2) is 27.7 Å². The van der Waals surface area contributed by atoms with Crippen molar-refractivity contribution in [2.45, 2.75) is 39.5 Å². The number of aliphatic carboxylic acids is 1. The van der Waals surface area contributed by atoms with E-state index in [-0.39, 0.29) is 13.0 Å². The molecule has 1 aromatic heterocycles. The molecule has 1 N–H and O–H groups in total. The number of rotatable bonds is 6. The van der Waals surface area contributed by atoms with E-state index in [1.807, 2.05) is 20.8 Å². The summed E-state index contributed by atoms with van der Waals surface area (Å²) in [5.41, 5.74) is 0.919. The second-order valence-corrected chi connectivity index (χ2v) is 4.05. The Morgan fingerprint density at radius 2 is 2.18 bits per heavy atom. The van der Waals surface area contributed by atoms with Crippen molar-refractivity contribution >= 4 is 5.97 Å². The lowest BCUT2D eigenvalue weighted by molar-refractivity contribution is -0.137. The van der Waals surface area contributed by atoms with Gasteiger partial charge in [-0.15, -0.1) is 0 Å². The van der Waals surface area contributed by atoms with Gasteiger partial charge in [-0.05, 0) is 5.92 Å². The fraction of sp³-hybridized carbons (Fsp3) is 0.583. The van der Waals surface area contributed by atoms with Crippen LogP contribution < -0.4 is 4.74 Å². The Kier molecular flexibility index (Phi) is 4.87. The van der Waals surface area contributed by atoms with Gasteiger partial charge in [0.25, 0.3) is 0 Å². The molecule has 94 valence electrons. The van der Waals surface area contributed by atoms with Crippen LogP contribution in [0.5, 0.6) is 5.88 Å². The fourth-order valence-corrected chi connectivity index (χ4v) is 1.26. The molecule has 0 saturated heterocycles. The van der Waals surface area contributed by atoms with Crippen LogP contribution in [0, 0.1) is 0 Å². The van der Waals surface area contributed by atoms with Gasteiger partial charge in [-0.1, -0.05) is 20.8 Å². The third-order valence-electron chi connectivity index (χ3n) is 2.24. The lowest BCUT2D eigenvalue weighted by atomic mass is 10.1. The van der Waals surface area contributed by atoms with Crippen molar-refractivity contribution in [2.75, 3.05) is 6.61 Å². The normalized spacial score (nSPS) is 10.6. The zero-order chi connectivity index (χ0) is 12.8. The second-order valence-electron chi connectivity index (χ2n) is 4.05. The van der Waals surface area contributed by atoms with Crippen LogP contribution in [0.25, 0.3) is 0 Å². The quantitative estimate of drug-likeness (QED) is 0.820. The lowest BCUT2D eigenvalue weighted by Crippen LogP contribution is -2.08. The van der Waals surface area contributed by atoms with E-state index in [1.54, 1.807) is 6.07 Å². The highest BCUT2D eigenvalue weighted by atomic mass is 16.5. The first-order valence-electron chi connectivity index (χ1n) is 5.75. The van der Waals surface area contributed by atoms with Gasteiger partial charge in [-0.2, -0.15) is 4.98 Å². The summed E-state index contributed by atoms with van der Waals surface area (Å²) in [6.07, 6.45) is 0.707. The Labute approximate surface area is 101 Å². The zero-order valence-corrected chi connectivity index (χ0v) is 10.4. The molecule has 1 aromatic rings. The molecule has 0 atom stereocenters. The average molecular weight is 238 g/mol.